The number of halogens is 1. The van der Waals surface area contributed by atoms with E-state index in [1.807, 2.05) is 6.08 Å². The van der Waals surface area contributed by atoms with E-state index in [2.05, 4.69) is 10.3 Å². The van der Waals surface area contributed by atoms with Crippen LogP contribution in [0.25, 0.3) is 0 Å². The second-order valence-electron chi connectivity index (χ2n) is 3.91. The topological polar surface area (TPSA) is 42.0 Å². The summed E-state index contributed by atoms with van der Waals surface area (Å²) >= 11 is 0. The molecule has 1 aromatic rings. The van der Waals surface area contributed by atoms with Crippen molar-refractivity contribution in [3.8, 4) is 0 Å². The normalized spacial score (nSPS) is 16.1. The number of aromatic nitrogens is 1. The Balaban J connectivity index is 1.86. The summed E-state index contributed by atoms with van der Waals surface area (Å²) in [6, 6.07) is 2.70. The zero-order chi connectivity index (χ0) is 11.4. The largest absolute Gasteiger partial charge is 0.321 e. The summed E-state index contributed by atoms with van der Waals surface area (Å²) in [5, 5.41) is 2.62. The van der Waals surface area contributed by atoms with E-state index < -0.39 is 5.95 Å². The van der Waals surface area contributed by atoms with Crippen LogP contribution in [-0.4, -0.2) is 10.9 Å². The lowest BCUT2D eigenvalue weighted by molar-refractivity contribution is -0.111. The molecule has 1 N–H and O–H groups in total. The van der Waals surface area contributed by atoms with Gasteiger partial charge in [-0.2, -0.15) is 4.39 Å². The number of nitrogens with zero attached hydrogens (tertiary/aromatic N) is 1. The molecule has 0 saturated heterocycles. The first-order chi connectivity index (χ1) is 7.74. The molecule has 0 spiro atoms. The molecule has 4 heteroatoms. The lowest BCUT2D eigenvalue weighted by atomic mass is 9.85. The number of anilines is 1. The number of carbonyl (C=O) groups excluding carboxylic acids is 1. The molecule has 0 aromatic carbocycles. The van der Waals surface area contributed by atoms with E-state index in [9.17, 15) is 9.18 Å². The number of pyridine rings is 1. The molecule has 0 bridgehead atoms. The van der Waals surface area contributed by atoms with Gasteiger partial charge in [-0.1, -0.05) is 12.5 Å². The molecule has 1 heterocycles. The lowest BCUT2D eigenvalue weighted by Crippen LogP contribution is -2.11. The SMILES string of the molecule is O=C(/C=C/C1CCC1)Nc1ccc(F)nc1. The number of hydrogen-bond acceptors (Lipinski definition) is 2. The molecule has 2 rings (SSSR count). The Morgan fingerprint density at radius 3 is 2.88 bits per heavy atom. The molecule has 0 radical (unpaired) electrons. The van der Waals surface area contributed by atoms with Crippen LogP contribution in [-0.2, 0) is 4.79 Å². The average molecular weight is 220 g/mol. The smallest absolute Gasteiger partial charge is 0.248 e. The maximum absolute atomic E-state index is 12.5. The van der Waals surface area contributed by atoms with Gasteiger partial charge in [0.1, 0.15) is 0 Å². The van der Waals surface area contributed by atoms with Gasteiger partial charge in [-0.3, -0.25) is 4.79 Å². The van der Waals surface area contributed by atoms with Gasteiger partial charge in [0.15, 0.2) is 0 Å². The van der Waals surface area contributed by atoms with Crippen molar-refractivity contribution in [1.82, 2.24) is 4.98 Å². The summed E-state index contributed by atoms with van der Waals surface area (Å²) in [7, 11) is 0. The van der Waals surface area contributed by atoms with E-state index in [-0.39, 0.29) is 5.91 Å². The van der Waals surface area contributed by atoms with Crippen molar-refractivity contribution in [2.24, 2.45) is 5.92 Å². The first-order valence-corrected chi connectivity index (χ1v) is 5.35. The van der Waals surface area contributed by atoms with Crippen molar-refractivity contribution in [2.75, 3.05) is 5.32 Å². The molecule has 0 aliphatic heterocycles. The molecule has 16 heavy (non-hydrogen) atoms. The number of hydrogen-bond donors (Lipinski definition) is 1. The first-order valence-electron chi connectivity index (χ1n) is 5.35. The summed E-state index contributed by atoms with van der Waals surface area (Å²) in [4.78, 5) is 14.9. The zero-order valence-electron chi connectivity index (χ0n) is 8.82. The number of nitrogens with one attached hydrogen (secondary N) is 1. The second-order valence-corrected chi connectivity index (χ2v) is 3.91. The van der Waals surface area contributed by atoms with Gasteiger partial charge in [-0.25, -0.2) is 4.98 Å². The molecule has 1 saturated carbocycles. The van der Waals surface area contributed by atoms with Crippen molar-refractivity contribution in [3.05, 3.63) is 36.4 Å². The van der Waals surface area contributed by atoms with Crippen LogP contribution in [0.5, 0.6) is 0 Å². The molecule has 1 fully saturated rings. The van der Waals surface area contributed by atoms with Crippen LogP contribution in [0, 0.1) is 11.9 Å². The third-order valence-electron chi connectivity index (χ3n) is 2.66. The highest BCUT2D eigenvalue weighted by molar-refractivity contribution is 5.99. The number of rotatable bonds is 3. The molecule has 1 aromatic heterocycles. The van der Waals surface area contributed by atoms with Crippen molar-refractivity contribution in [2.45, 2.75) is 19.3 Å². The van der Waals surface area contributed by atoms with Crippen molar-refractivity contribution >= 4 is 11.6 Å². The van der Waals surface area contributed by atoms with Gasteiger partial charge in [-0.15, -0.1) is 0 Å². The maximum atomic E-state index is 12.5. The molecule has 0 atom stereocenters. The highest BCUT2D eigenvalue weighted by Crippen LogP contribution is 2.27. The van der Waals surface area contributed by atoms with Gasteiger partial charge in [-0.05, 0) is 37.0 Å². The molecule has 0 unspecified atom stereocenters. The average Bonchev–Trinajstić information content (AvgIpc) is 2.19. The van der Waals surface area contributed by atoms with Crippen LogP contribution >= 0.6 is 0 Å². The fourth-order valence-electron chi connectivity index (χ4n) is 1.49. The zero-order valence-corrected chi connectivity index (χ0v) is 8.82. The highest BCUT2D eigenvalue weighted by atomic mass is 19.1. The molecule has 3 nitrogen and oxygen atoms in total. The minimum atomic E-state index is -0.553. The van der Waals surface area contributed by atoms with Crippen LogP contribution in [0.3, 0.4) is 0 Å². The van der Waals surface area contributed by atoms with Gasteiger partial charge < -0.3 is 5.32 Å². The van der Waals surface area contributed by atoms with Crippen molar-refractivity contribution in [3.63, 3.8) is 0 Å². The van der Waals surface area contributed by atoms with Crippen LogP contribution in [0.4, 0.5) is 10.1 Å². The van der Waals surface area contributed by atoms with E-state index in [1.54, 1.807) is 0 Å². The Hall–Kier alpha value is -1.71. The fourth-order valence-corrected chi connectivity index (χ4v) is 1.49. The second kappa shape index (κ2) is 4.88. The minimum absolute atomic E-state index is 0.194. The molecular weight excluding hydrogens is 207 g/mol. The van der Waals surface area contributed by atoms with E-state index in [4.69, 9.17) is 0 Å². The van der Waals surface area contributed by atoms with Crippen molar-refractivity contribution < 1.29 is 9.18 Å². The molecule has 1 aliphatic rings. The van der Waals surface area contributed by atoms with E-state index in [0.29, 0.717) is 11.6 Å². The van der Waals surface area contributed by atoms with E-state index in [1.165, 1.54) is 43.7 Å². The van der Waals surface area contributed by atoms with Crippen LogP contribution in [0.2, 0.25) is 0 Å². The number of amides is 1. The van der Waals surface area contributed by atoms with Crippen LogP contribution < -0.4 is 5.32 Å². The molecule has 84 valence electrons. The van der Waals surface area contributed by atoms with Gasteiger partial charge in [0, 0.05) is 0 Å². The quantitative estimate of drug-likeness (QED) is 0.628. The summed E-state index contributed by atoms with van der Waals surface area (Å²) in [5.41, 5.74) is 0.504. The van der Waals surface area contributed by atoms with Gasteiger partial charge in [0.25, 0.3) is 0 Å². The number of allylic oxidation sites excluding steroid dienone is 1. The third kappa shape index (κ3) is 2.89. The van der Waals surface area contributed by atoms with Crippen LogP contribution in [0.1, 0.15) is 19.3 Å². The number of carbonyl (C=O) groups is 1. The first kappa shape index (κ1) is 10.8. The third-order valence-corrected chi connectivity index (χ3v) is 2.66. The molecule has 1 amide bonds. The van der Waals surface area contributed by atoms with Gasteiger partial charge in [0.2, 0.25) is 11.9 Å². The Labute approximate surface area is 93.4 Å². The molecule has 1 aliphatic carbocycles. The Morgan fingerprint density at radius 1 is 1.50 bits per heavy atom. The fraction of sp³-hybridized carbons (Fsp3) is 0.333. The summed E-state index contributed by atoms with van der Waals surface area (Å²) in [6.45, 7) is 0. The van der Waals surface area contributed by atoms with Crippen molar-refractivity contribution in [1.29, 1.82) is 0 Å². The summed E-state index contributed by atoms with van der Waals surface area (Å²) in [5.74, 6) is -0.194. The predicted octanol–water partition coefficient (Wildman–Crippen LogP) is 2.52. The van der Waals surface area contributed by atoms with E-state index >= 15 is 0 Å². The molecular formula is C12H13FN2O. The van der Waals surface area contributed by atoms with Gasteiger partial charge in [0.05, 0.1) is 11.9 Å². The monoisotopic (exact) mass is 220 g/mol. The predicted molar refractivity (Wildman–Crippen MR) is 59.3 cm³/mol. The highest BCUT2D eigenvalue weighted by Gasteiger charge is 2.13. The Kier molecular flexibility index (Phi) is 3.29. The minimum Gasteiger partial charge on any atom is -0.321 e. The lowest BCUT2D eigenvalue weighted by Gasteiger charge is -2.20. The summed E-state index contributed by atoms with van der Waals surface area (Å²) < 4.78 is 12.5. The maximum Gasteiger partial charge on any atom is 0.248 e. The van der Waals surface area contributed by atoms with Crippen LogP contribution in [0.15, 0.2) is 30.5 Å². The van der Waals surface area contributed by atoms with E-state index in [0.717, 1.165) is 0 Å². The Morgan fingerprint density at radius 2 is 2.31 bits per heavy atom. The summed E-state index contributed by atoms with van der Waals surface area (Å²) in [6.07, 6.45) is 8.34. The van der Waals surface area contributed by atoms with Gasteiger partial charge >= 0.3 is 0 Å². The standard InChI is InChI=1S/C12H13FN2O/c13-11-6-5-10(8-14-11)15-12(16)7-4-9-2-1-3-9/h4-9H,1-3H2,(H,15,16)/b7-4+. The Bertz CT molecular complexity index is 396.